The Morgan fingerprint density at radius 2 is 2.12 bits per heavy atom. The van der Waals surface area contributed by atoms with Crippen LogP contribution < -0.4 is 10.6 Å². The lowest BCUT2D eigenvalue weighted by Gasteiger charge is -2.43. The minimum Gasteiger partial charge on any atom is -0.379 e. The first kappa shape index (κ1) is 14.0. The predicted octanol–water partition coefficient (Wildman–Crippen LogP) is 2.18. The third kappa shape index (κ3) is 2.79. The van der Waals surface area contributed by atoms with Crippen molar-refractivity contribution in [2.24, 2.45) is 5.73 Å². The molecule has 1 aromatic carbocycles. The van der Waals surface area contributed by atoms with Gasteiger partial charge >= 0.3 is 0 Å². The molecule has 0 amide bonds. The topological polar surface area (TPSA) is 38.5 Å². The molecule has 17 heavy (non-hydrogen) atoms. The van der Waals surface area contributed by atoms with Crippen LogP contribution in [0.4, 0.5) is 5.69 Å². The van der Waals surface area contributed by atoms with Crippen molar-refractivity contribution in [1.29, 1.82) is 0 Å². The molecule has 0 aromatic heterocycles. The molecule has 1 rings (SSSR count). The summed E-state index contributed by atoms with van der Waals surface area (Å²) in [4.78, 5) is 2.20. The molecular weight excluding hydrogens is 212 g/mol. The van der Waals surface area contributed by atoms with Crippen molar-refractivity contribution in [1.82, 2.24) is 0 Å². The standard InChI is InChI=1S/C14H24N2O/c1-11-7-6-8-13(9-11)16(4)14(3,10-15)12(2)17-5/h6-9,12H,10,15H2,1-5H3. The van der Waals surface area contributed by atoms with E-state index in [-0.39, 0.29) is 11.6 Å². The molecular formula is C14H24N2O. The fourth-order valence-corrected chi connectivity index (χ4v) is 1.96. The van der Waals surface area contributed by atoms with Gasteiger partial charge in [0.05, 0.1) is 11.6 Å². The number of anilines is 1. The minimum absolute atomic E-state index is 0.0676. The number of likely N-dealkylation sites (N-methyl/N-ethyl adjacent to an activating group) is 1. The maximum absolute atomic E-state index is 5.94. The van der Waals surface area contributed by atoms with E-state index in [9.17, 15) is 0 Å². The Kier molecular flexibility index (Phi) is 4.54. The van der Waals surface area contributed by atoms with Crippen LogP contribution in [-0.4, -0.2) is 32.3 Å². The third-order valence-electron chi connectivity index (χ3n) is 3.80. The molecule has 0 spiro atoms. The van der Waals surface area contributed by atoms with E-state index in [1.54, 1.807) is 7.11 Å². The van der Waals surface area contributed by atoms with Gasteiger partial charge in [0.25, 0.3) is 0 Å². The van der Waals surface area contributed by atoms with Gasteiger partial charge < -0.3 is 15.4 Å². The van der Waals surface area contributed by atoms with Gasteiger partial charge in [-0.3, -0.25) is 0 Å². The Hall–Kier alpha value is -1.06. The highest BCUT2D eigenvalue weighted by Crippen LogP contribution is 2.26. The summed E-state index contributed by atoms with van der Waals surface area (Å²) in [6.45, 7) is 6.83. The van der Waals surface area contributed by atoms with Gasteiger partial charge in [0.1, 0.15) is 0 Å². The fourth-order valence-electron chi connectivity index (χ4n) is 1.96. The van der Waals surface area contributed by atoms with Crippen LogP contribution in [0.25, 0.3) is 0 Å². The maximum Gasteiger partial charge on any atom is 0.0784 e. The van der Waals surface area contributed by atoms with Crippen molar-refractivity contribution in [3.05, 3.63) is 29.8 Å². The molecule has 3 heteroatoms. The summed E-state index contributed by atoms with van der Waals surface area (Å²) in [6.07, 6.45) is 0.0676. The summed E-state index contributed by atoms with van der Waals surface area (Å²) in [5.74, 6) is 0. The van der Waals surface area contributed by atoms with Crippen LogP contribution in [0.5, 0.6) is 0 Å². The van der Waals surface area contributed by atoms with Gasteiger partial charge in [0.2, 0.25) is 0 Å². The number of hydrogen-bond acceptors (Lipinski definition) is 3. The van der Waals surface area contributed by atoms with Crippen LogP contribution in [0.3, 0.4) is 0 Å². The van der Waals surface area contributed by atoms with Crippen LogP contribution in [0.2, 0.25) is 0 Å². The molecule has 3 nitrogen and oxygen atoms in total. The van der Waals surface area contributed by atoms with Gasteiger partial charge in [0, 0.05) is 26.4 Å². The molecule has 0 aliphatic carbocycles. The smallest absolute Gasteiger partial charge is 0.0784 e. The molecule has 0 saturated heterocycles. The van der Waals surface area contributed by atoms with Crippen molar-refractivity contribution in [3.63, 3.8) is 0 Å². The summed E-state index contributed by atoms with van der Waals surface area (Å²) < 4.78 is 5.46. The first-order valence-electron chi connectivity index (χ1n) is 5.99. The Morgan fingerprint density at radius 1 is 1.47 bits per heavy atom. The van der Waals surface area contributed by atoms with E-state index < -0.39 is 0 Å². The summed E-state index contributed by atoms with van der Waals surface area (Å²) in [5, 5.41) is 0. The van der Waals surface area contributed by atoms with E-state index in [0.717, 1.165) is 0 Å². The van der Waals surface area contributed by atoms with Crippen LogP contribution in [0, 0.1) is 6.92 Å². The van der Waals surface area contributed by atoms with Gasteiger partial charge in [-0.25, -0.2) is 0 Å². The molecule has 2 N–H and O–H groups in total. The van der Waals surface area contributed by atoms with E-state index in [2.05, 4.69) is 57.0 Å². The largest absolute Gasteiger partial charge is 0.379 e. The van der Waals surface area contributed by atoms with E-state index in [1.165, 1.54) is 11.3 Å². The van der Waals surface area contributed by atoms with Crippen molar-refractivity contribution in [3.8, 4) is 0 Å². The molecule has 2 unspecified atom stereocenters. The van der Waals surface area contributed by atoms with Gasteiger partial charge in [-0.2, -0.15) is 0 Å². The van der Waals surface area contributed by atoms with Crippen molar-refractivity contribution < 1.29 is 4.74 Å². The molecule has 0 aliphatic heterocycles. The van der Waals surface area contributed by atoms with Crippen molar-refractivity contribution >= 4 is 5.69 Å². The zero-order valence-electron chi connectivity index (χ0n) is 11.5. The number of hydrogen-bond donors (Lipinski definition) is 1. The monoisotopic (exact) mass is 236 g/mol. The van der Waals surface area contributed by atoms with Gasteiger partial charge in [-0.1, -0.05) is 12.1 Å². The summed E-state index contributed by atoms with van der Waals surface area (Å²) in [7, 11) is 3.79. The zero-order chi connectivity index (χ0) is 13.1. The fraction of sp³-hybridized carbons (Fsp3) is 0.571. The molecule has 96 valence electrons. The molecule has 0 fully saturated rings. The van der Waals surface area contributed by atoms with Crippen LogP contribution in [0.1, 0.15) is 19.4 Å². The highest BCUT2D eigenvalue weighted by molar-refractivity contribution is 5.50. The second kappa shape index (κ2) is 5.52. The van der Waals surface area contributed by atoms with Gasteiger partial charge in [-0.05, 0) is 38.5 Å². The Balaban J connectivity index is 3.04. The molecule has 1 aromatic rings. The second-order valence-electron chi connectivity index (χ2n) is 4.84. The third-order valence-corrected chi connectivity index (χ3v) is 3.80. The van der Waals surface area contributed by atoms with Gasteiger partial charge in [0.15, 0.2) is 0 Å². The lowest BCUT2D eigenvalue weighted by molar-refractivity contribution is 0.0579. The number of nitrogens with two attached hydrogens (primary N) is 1. The Morgan fingerprint density at radius 3 is 2.59 bits per heavy atom. The number of methoxy groups -OCH3 is 1. The zero-order valence-corrected chi connectivity index (χ0v) is 11.5. The van der Waals surface area contributed by atoms with E-state index in [1.807, 2.05) is 0 Å². The first-order valence-corrected chi connectivity index (χ1v) is 5.99. The number of nitrogens with zero attached hydrogens (tertiary/aromatic N) is 1. The number of benzene rings is 1. The highest BCUT2D eigenvalue weighted by Gasteiger charge is 2.34. The van der Waals surface area contributed by atoms with E-state index in [4.69, 9.17) is 10.5 Å². The number of rotatable bonds is 5. The Bertz CT molecular complexity index is 367. The maximum atomic E-state index is 5.94. The molecule has 0 saturated carbocycles. The number of aryl methyl sites for hydroxylation is 1. The first-order chi connectivity index (χ1) is 7.95. The van der Waals surface area contributed by atoms with E-state index in [0.29, 0.717) is 6.54 Å². The van der Waals surface area contributed by atoms with Crippen LogP contribution in [0.15, 0.2) is 24.3 Å². The lowest BCUT2D eigenvalue weighted by Crippen LogP contribution is -2.57. The second-order valence-corrected chi connectivity index (χ2v) is 4.84. The molecule has 0 heterocycles. The Labute approximate surface area is 105 Å². The van der Waals surface area contributed by atoms with Crippen LogP contribution in [-0.2, 0) is 4.74 Å². The summed E-state index contributed by atoms with van der Waals surface area (Å²) >= 11 is 0. The van der Waals surface area contributed by atoms with Gasteiger partial charge in [-0.15, -0.1) is 0 Å². The molecule has 2 atom stereocenters. The predicted molar refractivity (Wildman–Crippen MR) is 73.5 cm³/mol. The lowest BCUT2D eigenvalue weighted by atomic mass is 9.93. The number of ether oxygens (including phenoxy) is 1. The normalized spacial score (nSPS) is 16.4. The average Bonchev–Trinajstić information content (AvgIpc) is 2.35. The van der Waals surface area contributed by atoms with Crippen molar-refractivity contribution in [2.45, 2.75) is 32.4 Å². The molecule has 0 bridgehead atoms. The quantitative estimate of drug-likeness (QED) is 0.851. The molecule has 0 radical (unpaired) electrons. The summed E-state index contributed by atoms with van der Waals surface area (Å²) in [6, 6.07) is 8.42. The summed E-state index contributed by atoms with van der Waals surface area (Å²) in [5.41, 5.74) is 8.15. The SMILES string of the molecule is COC(C)C(C)(CN)N(C)c1cccc(C)c1. The van der Waals surface area contributed by atoms with Crippen LogP contribution >= 0.6 is 0 Å². The highest BCUT2D eigenvalue weighted by atomic mass is 16.5. The molecule has 0 aliphatic rings. The minimum atomic E-state index is -0.206. The average molecular weight is 236 g/mol. The van der Waals surface area contributed by atoms with Crippen molar-refractivity contribution in [2.75, 3.05) is 25.6 Å². The van der Waals surface area contributed by atoms with E-state index >= 15 is 0 Å².